The summed E-state index contributed by atoms with van der Waals surface area (Å²) in [5.41, 5.74) is 2.18. The molecule has 0 atom stereocenters. The van der Waals surface area contributed by atoms with Crippen LogP contribution in [0.2, 0.25) is 0 Å². The molecule has 0 aliphatic rings. The van der Waals surface area contributed by atoms with E-state index in [0.717, 1.165) is 11.4 Å². The van der Waals surface area contributed by atoms with Gasteiger partial charge in [-0.05, 0) is 26.0 Å². The predicted molar refractivity (Wildman–Crippen MR) is 84.9 cm³/mol. The fourth-order valence-corrected chi connectivity index (χ4v) is 0.679. The van der Waals surface area contributed by atoms with E-state index >= 15 is 0 Å². The summed E-state index contributed by atoms with van der Waals surface area (Å²) in [6.45, 7) is 20.0. The van der Waals surface area contributed by atoms with Gasteiger partial charge in [0.25, 0.3) is 0 Å². The van der Waals surface area contributed by atoms with E-state index in [1.807, 2.05) is 87.4 Å². The molecular weight excluding hydrogens is 205 g/mol. The quantitative estimate of drug-likeness (QED) is 0.550. The molecule has 0 aliphatic carbocycles. The Morgan fingerprint density at radius 1 is 0.647 bits per heavy atom. The van der Waals surface area contributed by atoms with E-state index in [1.54, 1.807) is 0 Å². The van der Waals surface area contributed by atoms with Crippen molar-refractivity contribution in [1.82, 2.24) is 4.98 Å². The van der Waals surface area contributed by atoms with Crippen LogP contribution in [0.15, 0.2) is 18.2 Å². The molecule has 0 saturated carbocycles. The predicted octanol–water partition coefficient (Wildman–Crippen LogP) is 5.42. The average molecular weight is 238 g/mol. The van der Waals surface area contributed by atoms with E-state index in [9.17, 15) is 0 Å². The first-order chi connectivity index (χ1) is 7.79. The van der Waals surface area contributed by atoms with Crippen LogP contribution in [0, 0.1) is 13.8 Å². The molecule has 1 heterocycles. The van der Waals surface area contributed by atoms with Crippen LogP contribution in [-0.4, -0.2) is 13.4 Å². The minimum absolute atomic E-state index is 0. The van der Waals surface area contributed by atoms with Crippen LogP contribution in [0.3, 0.4) is 0 Å². The fraction of sp³-hybridized carbons (Fsp3) is 0.667. The van der Waals surface area contributed by atoms with Crippen molar-refractivity contribution in [2.75, 3.05) is 0 Å². The molecule has 0 spiro atoms. The SMILES string of the molecule is CC.CC.CC.CC.Cc1cccc(C)n1.[B]. The van der Waals surface area contributed by atoms with E-state index in [-0.39, 0.29) is 8.41 Å². The third kappa shape index (κ3) is 31.3. The lowest BCUT2D eigenvalue weighted by molar-refractivity contribution is 1.12. The topological polar surface area (TPSA) is 12.9 Å². The van der Waals surface area contributed by atoms with Gasteiger partial charge in [0.1, 0.15) is 0 Å². The van der Waals surface area contributed by atoms with Gasteiger partial charge in [-0.25, -0.2) is 0 Å². The highest BCUT2D eigenvalue weighted by Gasteiger charge is 1.82. The van der Waals surface area contributed by atoms with Crippen molar-refractivity contribution >= 4 is 8.41 Å². The summed E-state index contributed by atoms with van der Waals surface area (Å²) in [6, 6.07) is 6.00. The summed E-state index contributed by atoms with van der Waals surface area (Å²) in [5.74, 6) is 0. The minimum Gasteiger partial charge on any atom is -0.258 e. The van der Waals surface area contributed by atoms with Gasteiger partial charge >= 0.3 is 0 Å². The molecule has 1 nitrogen and oxygen atoms in total. The Bertz CT molecular complexity index is 171. The number of rotatable bonds is 0. The van der Waals surface area contributed by atoms with Gasteiger partial charge in [0.2, 0.25) is 0 Å². The number of pyridine rings is 1. The molecule has 0 saturated heterocycles. The molecule has 0 amide bonds. The van der Waals surface area contributed by atoms with E-state index in [1.165, 1.54) is 0 Å². The Morgan fingerprint density at radius 2 is 0.882 bits per heavy atom. The molecule has 3 radical (unpaired) electrons. The molecule has 0 aliphatic heterocycles. The average Bonchev–Trinajstić information content (AvgIpc) is 2.39. The maximum Gasteiger partial charge on any atom is 0.0375 e. The minimum atomic E-state index is 0. The van der Waals surface area contributed by atoms with Gasteiger partial charge in [0.15, 0.2) is 0 Å². The lowest BCUT2D eigenvalue weighted by Gasteiger charge is -1.90. The van der Waals surface area contributed by atoms with Crippen molar-refractivity contribution in [1.29, 1.82) is 0 Å². The largest absolute Gasteiger partial charge is 0.258 e. The van der Waals surface area contributed by atoms with E-state index in [0.29, 0.717) is 0 Å². The van der Waals surface area contributed by atoms with Gasteiger partial charge in [0, 0.05) is 19.8 Å². The number of aromatic nitrogens is 1. The molecule has 101 valence electrons. The Morgan fingerprint density at radius 3 is 1.00 bits per heavy atom. The molecule has 2 heteroatoms. The van der Waals surface area contributed by atoms with Gasteiger partial charge in [-0.2, -0.15) is 0 Å². The highest BCUT2D eigenvalue weighted by atomic mass is 14.7. The van der Waals surface area contributed by atoms with Crippen LogP contribution in [0.4, 0.5) is 0 Å². The molecule has 0 fully saturated rings. The lowest BCUT2D eigenvalue weighted by Crippen LogP contribution is -1.81. The van der Waals surface area contributed by atoms with Crippen molar-refractivity contribution in [3.63, 3.8) is 0 Å². The van der Waals surface area contributed by atoms with Crippen LogP contribution in [0.5, 0.6) is 0 Å². The maximum absolute atomic E-state index is 4.17. The summed E-state index contributed by atoms with van der Waals surface area (Å²) in [6.07, 6.45) is 0. The van der Waals surface area contributed by atoms with Crippen molar-refractivity contribution in [3.8, 4) is 0 Å². The Kier molecular flexibility index (Phi) is 63.6. The summed E-state index contributed by atoms with van der Waals surface area (Å²) in [5, 5.41) is 0. The van der Waals surface area contributed by atoms with Crippen molar-refractivity contribution in [2.24, 2.45) is 0 Å². The second kappa shape index (κ2) is 36.2. The third-order valence-electron chi connectivity index (χ3n) is 1.03. The van der Waals surface area contributed by atoms with Crippen LogP contribution < -0.4 is 0 Å². The van der Waals surface area contributed by atoms with Crippen molar-refractivity contribution in [3.05, 3.63) is 29.6 Å². The number of aryl methyl sites for hydroxylation is 2. The van der Waals surface area contributed by atoms with Crippen LogP contribution in [0.1, 0.15) is 66.8 Å². The van der Waals surface area contributed by atoms with Gasteiger partial charge in [-0.15, -0.1) is 0 Å². The molecule has 0 bridgehead atoms. The van der Waals surface area contributed by atoms with E-state index < -0.39 is 0 Å². The number of nitrogens with zero attached hydrogens (tertiary/aromatic N) is 1. The molecule has 0 aromatic carbocycles. The Hall–Kier alpha value is -0.785. The van der Waals surface area contributed by atoms with Crippen LogP contribution in [-0.2, 0) is 0 Å². The smallest absolute Gasteiger partial charge is 0.0375 e. The van der Waals surface area contributed by atoms with Gasteiger partial charge < -0.3 is 0 Å². The first kappa shape index (κ1) is 29.8. The fourth-order valence-electron chi connectivity index (χ4n) is 0.679. The Labute approximate surface area is 113 Å². The molecule has 1 aromatic heterocycles. The summed E-state index contributed by atoms with van der Waals surface area (Å²) < 4.78 is 0. The first-order valence-electron chi connectivity index (χ1n) is 6.69. The highest BCUT2D eigenvalue weighted by molar-refractivity contribution is 5.75. The molecule has 0 N–H and O–H groups in total. The summed E-state index contributed by atoms with van der Waals surface area (Å²) in [7, 11) is 0. The van der Waals surface area contributed by atoms with Gasteiger partial charge in [-0.3, -0.25) is 4.98 Å². The monoisotopic (exact) mass is 238 g/mol. The molecule has 1 aromatic rings. The van der Waals surface area contributed by atoms with E-state index in [4.69, 9.17) is 0 Å². The second-order valence-corrected chi connectivity index (χ2v) is 1.92. The van der Waals surface area contributed by atoms with Gasteiger partial charge in [-0.1, -0.05) is 61.5 Å². The van der Waals surface area contributed by atoms with Crippen molar-refractivity contribution < 1.29 is 0 Å². The highest BCUT2D eigenvalue weighted by Crippen LogP contribution is 1.93. The zero-order valence-corrected chi connectivity index (χ0v) is 13.8. The summed E-state index contributed by atoms with van der Waals surface area (Å²) in [4.78, 5) is 4.17. The molecule has 17 heavy (non-hydrogen) atoms. The van der Waals surface area contributed by atoms with Gasteiger partial charge in [0.05, 0.1) is 0 Å². The normalized spacial score (nSPS) is 5.76. The first-order valence-corrected chi connectivity index (χ1v) is 6.69. The summed E-state index contributed by atoms with van der Waals surface area (Å²) >= 11 is 0. The number of hydrogen-bond donors (Lipinski definition) is 0. The standard InChI is InChI=1S/C7H9N.4C2H6.B/c1-6-4-3-5-7(2)8-6;4*1-2;/h3-5H,1-2H3;4*1-2H3;. The third-order valence-corrected chi connectivity index (χ3v) is 1.03. The number of hydrogen-bond acceptors (Lipinski definition) is 1. The molecular formula is C15H33BN. The zero-order valence-electron chi connectivity index (χ0n) is 13.8. The molecule has 0 unspecified atom stereocenters. The molecule has 1 rings (SSSR count). The van der Waals surface area contributed by atoms with E-state index in [2.05, 4.69) is 4.98 Å². The van der Waals surface area contributed by atoms with Crippen LogP contribution >= 0.6 is 0 Å². The lowest BCUT2D eigenvalue weighted by atomic mass is 10.3. The van der Waals surface area contributed by atoms with Crippen molar-refractivity contribution in [2.45, 2.75) is 69.2 Å². The Balaban J connectivity index is -0.0000000462. The van der Waals surface area contributed by atoms with Crippen LogP contribution in [0.25, 0.3) is 0 Å². The maximum atomic E-state index is 4.17. The second-order valence-electron chi connectivity index (χ2n) is 1.92. The zero-order chi connectivity index (χ0) is 14.0.